The van der Waals surface area contributed by atoms with Gasteiger partial charge in [0.15, 0.2) is 10.1 Å². The Morgan fingerprint density at radius 3 is 1.62 bits per heavy atom. The molecule has 1 nitrogen and oxygen atoms in total. The molecule has 0 aliphatic rings. The van der Waals surface area contributed by atoms with Gasteiger partial charge in [0.1, 0.15) is 0 Å². The van der Waals surface area contributed by atoms with Gasteiger partial charge in [-0.25, -0.2) is 0 Å². The third-order valence-electron chi connectivity index (χ3n) is 1.30. The molecule has 2 aromatic heterocycles. The van der Waals surface area contributed by atoms with E-state index in [1.807, 2.05) is 24.3 Å². The summed E-state index contributed by atoms with van der Waals surface area (Å²) in [5.41, 5.74) is 0. The Labute approximate surface area is 101 Å². The van der Waals surface area contributed by atoms with Crippen LogP contribution in [-0.2, 0) is 0 Å². The van der Waals surface area contributed by atoms with E-state index in [1.54, 1.807) is 22.7 Å². The van der Waals surface area contributed by atoms with Crippen LogP contribution < -0.4 is 4.74 Å². The van der Waals surface area contributed by atoms with Gasteiger partial charge >= 0.3 is 0 Å². The molecule has 0 N–H and O–H groups in total. The normalized spacial score (nSPS) is 10.3. The lowest BCUT2D eigenvalue weighted by Gasteiger charge is -1.95. The predicted octanol–water partition coefficient (Wildman–Crippen LogP) is 5.13. The van der Waals surface area contributed by atoms with Gasteiger partial charge in [0.05, 0.1) is 7.57 Å². The van der Waals surface area contributed by atoms with Crippen molar-refractivity contribution in [2.24, 2.45) is 0 Å². The molecule has 0 aromatic carbocycles. The smallest absolute Gasteiger partial charge is 0.183 e. The summed E-state index contributed by atoms with van der Waals surface area (Å²) >= 11 is 9.92. The van der Waals surface area contributed by atoms with Crippen LogP contribution in [-0.4, -0.2) is 0 Å². The van der Waals surface area contributed by atoms with E-state index in [0.717, 1.165) is 17.7 Å². The summed E-state index contributed by atoms with van der Waals surface area (Å²) in [6.45, 7) is 0. The van der Waals surface area contributed by atoms with E-state index >= 15 is 0 Å². The molecule has 0 aliphatic carbocycles. The molecule has 68 valence electrons. The zero-order chi connectivity index (χ0) is 9.26. The van der Waals surface area contributed by atoms with Crippen LogP contribution in [0.3, 0.4) is 0 Å². The second kappa shape index (κ2) is 4.13. The van der Waals surface area contributed by atoms with Gasteiger partial charge in [-0.15, -0.1) is 0 Å². The van der Waals surface area contributed by atoms with Crippen LogP contribution in [0.5, 0.6) is 10.1 Å². The Kier molecular flexibility index (Phi) is 3.08. The molecule has 0 radical (unpaired) electrons. The lowest BCUT2D eigenvalue weighted by atomic mass is 10.6. The van der Waals surface area contributed by atoms with Gasteiger partial charge in [0, 0.05) is 0 Å². The van der Waals surface area contributed by atoms with Crippen LogP contribution in [0.15, 0.2) is 31.8 Å². The van der Waals surface area contributed by atoms with Crippen molar-refractivity contribution in [1.82, 2.24) is 0 Å². The SMILES string of the molecule is Brc1ccc(Oc2ccc(Br)s2)s1. The minimum Gasteiger partial charge on any atom is -0.436 e. The third kappa shape index (κ3) is 2.56. The molecule has 0 aliphatic heterocycles. The van der Waals surface area contributed by atoms with E-state index < -0.39 is 0 Å². The van der Waals surface area contributed by atoms with Gasteiger partial charge < -0.3 is 4.74 Å². The van der Waals surface area contributed by atoms with E-state index in [2.05, 4.69) is 31.9 Å². The molecular weight excluding hydrogens is 336 g/mol. The highest BCUT2D eigenvalue weighted by Crippen LogP contribution is 2.36. The van der Waals surface area contributed by atoms with Gasteiger partial charge in [-0.1, -0.05) is 22.7 Å². The van der Waals surface area contributed by atoms with E-state index in [9.17, 15) is 0 Å². The van der Waals surface area contributed by atoms with E-state index in [-0.39, 0.29) is 0 Å². The highest BCUT2D eigenvalue weighted by molar-refractivity contribution is 9.11. The maximum atomic E-state index is 5.60. The number of thiophene rings is 2. The average molecular weight is 340 g/mol. The molecule has 13 heavy (non-hydrogen) atoms. The Morgan fingerprint density at radius 2 is 1.31 bits per heavy atom. The number of halogens is 2. The first-order valence-corrected chi connectivity index (χ1v) is 6.64. The highest BCUT2D eigenvalue weighted by atomic mass is 79.9. The van der Waals surface area contributed by atoms with Crippen molar-refractivity contribution in [3.05, 3.63) is 31.8 Å². The third-order valence-corrected chi connectivity index (χ3v) is 4.30. The van der Waals surface area contributed by atoms with Crippen molar-refractivity contribution in [1.29, 1.82) is 0 Å². The maximum Gasteiger partial charge on any atom is 0.183 e. The molecule has 0 fully saturated rings. The van der Waals surface area contributed by atoms with E-state index in [0.29, 0.717) is 0 Å². The molecule has 2 rings (SSSR count). The number of rotatable bonds is 2. The quantitative estimate of drug-likeness (QED) is 0.737. The maximum absolute atomic E-state index is 5.60. The minimum absolute atomic E-state index is 0.904. The summed E-state index contributed by atoms with van der Waals surface area (Å²) in [6, 6.07) is 7.84. The fourth-order valence-electron chi connectivity index (χ4n) is 0.804. The van der Waals surface area contributed by atoms with Gasteiger partial charge in [0.2, 0.25) is 0 Å². The molecule has 0 spiro atoms. The van der Waals surface area contributed by atoms with Crippen molar-refractivity contribution >= 4 is 54.5 Å². The summed E-state index contributed by atoms with van der Waals surface area (Å²) in [5.74, 6) is 0. The molecular formula is C8H4Br2OS2. The lowest BCUT2D eigenvalue weighted by Crippen LogP contribution is -1.72. The molecule has 0 bridgehead atoms. The first kappa shape index (κ1) is 9.71. The van der Waals surface area contributed by atoms with Gasteiger partial charge in [0.25, 0.3) is 0 Å². The molecule has 2 heterocycles. The Bertz CT molecular complexity index is 369. The molecule has 0 saturated carbocycles. The minimum atomic E-state index is 0.904. The van der Waals surface area contributed by atoms with Crippen molar-refractivity contribution in [2.45, 2.75) is 0 Å². The van der Waals surface area contributed by atoms with E-state index in [1.165, 1.54) is 0 Å². The van der Waals surface area contributed by atoms with Crippen LogP contribution >= 0.6 is 54.5 Å². The second-order valence-corrected chi connectivity index (χ2v) is 7.07. The first-order valence-electron chi connectivity index (χ1n) is 3.42. The van der Waals surface area contributed by atoms with Crippen molar-refractivity contribution in [2.75, 3.05) is 0 Å². The lowest BCUT2D eigenvalue weighted by molar-refractivity contribution is 0.511. The monoisotopic (exact) mass is 338 g/mol. The number of hydrogen-bond acceptors (Lipinski definition) is 3. The molecule has 2 aromatic rings. The van der Waals surface area contributed by atoms with Crippen LogP contribution in [0, 0.1) is 0 Å². The standard InChI is InChI=1S/C8H4Br2OS2/c9-5-1-3-7(12-5)11-8-4-2-6(10)13-8/h1-4H. The van der Waals surface area contributed by atoms with Gasteiger partial charge in [-0.05, 0) is 56.1 Å². The Morgan fingerprint density at radius 1 is 0.846 bits per heavy atom. The molecule has 0 amide bonds. The van der Waals surface area contributed by atoms with Crippen LogP contribution in [0.25, 0.3) is 0 Å². The molecule has 0 saturated heterocycles. The number of ether oxygens (including phenoxy) is 1. The first-order chi connectivity index (χ1) is 6.24. The molecule has 0 unspecified atom stereocenters. The zero-order valence-electron chi connectivity index (χ0n) is 6.29. The van der Waals surface area contributed by atoms with Gasteiger partial charge in [-0.3, -0.25) is 0 Å². The van der Waals surface area contributed by atoms with Crippen LogP contribution in [0.1, 0.15) is 0 Å². The summed E-state index contributed by atoms with van der Waals surface area (Å²) in [7, 11) is 0. The van der Waals surface area contributed by atoms with Crippen molar-refractivity contribution < 1.29 is 4.74 Å². The fraction of sp³-hybridized carbons (Fsp3) is 0. The summed E-state index contributed by atoms with van der Waals surface area (Å²) in [5, 5.41) is 1.81. The Hall–Kier alpha value is 0.160. The zero-order valence-corrected chi connectivity index (χ0v) is 11.1. The molecule has 0 atom stereocenters. The largest absolute Gasteiger partial charge is 0.436 e. The average Bonchev–Trinajstić information content (AvgIpc) is 2.62. The van der Waals surface area contributed by atoms with Crippen LogP contribution in [0.4, 0.5) is 0 Å². The summed E-state index contributed by atoms with van der Waals surface area (Å²) in [4.78, 5) is 0. The second-order valence-electron chi connectivity index (χ2n) is 2.22. The fourth-order valence-corrected chi connectivity index (χ4v) is 3.27. The summed E-state index contributed by atoms with van der Waals surface area (Å²) < 4.78 is 7.76. The van der Waals surface area contributed by atoms with Crippen LogP contribution in [0.2, 0.25) is 0 Å². The van der Waals surface area contributed by atoms with E-state index in [4.69, 9.17) is 4.74 Å². The molecule has 5 heteroatoms. The summed E-state index contributed by atoms with van der Waals surface area (Å²) in [6.07, 6.45) is 0. The number of hydrogen-bond donors (Lipinski definition) is 0. The predicted molar refractivity (Wildman–Crippen MR) is 64.1 cm³/mol. The van der Waals surface area contributed by atoms with Crippen molar-refractivity contribution in [3.8, 4) is 10.1 Å². The topological polar surface area (TPSA) is 9.23 Å². The Balaban J connectivity index is 2.14. The van der Waals surface area contributed by atoms with Gasteiger partial charge in [-0.2, -0.15) is 0 Å². The highest BCUT2D eigenvalue weighted by Gasteiger charge is 2.02. The van der Waals surface area contributed by atoms with Crippen molar-refractivity contribution in [3.63, 3.8) is 0 Å².